The van der Waals surface area contributed by atoms with Crippen molar-refractivity contribution in [1.82, 2.24) is 0 Å². The summed E-state index contributed by atoms with van der Waals surface area (Å²) in [5, 5.41) is 3.48. The number of anilines is 1. The molecule has 3 N–H and O–H groups in total. The van der Waals surface area contributed by atoms with E-state index in [0.29, 0.717) is 4.99 Å². The number of benzene rings is 1. The summed E-state index contributed by atoms with van der Waals surface area (Å²) in [5.74, 6) is 0.799. The molecule has 0 aromatic heterocycles. The quantitative estimate of drug-likeness (QED) is 0.833. The highest BCUT2D eigenvalue weighted by atomic mass is 79.9. The Morgan fingerprint density at radius 2 is 2.12 bits per heavy atom. The molecule has 1 aliphatic rings. The van der Waals surface area contributed by atoms with Gasteiger partial charge in [0.05, 0.1) is 0 Å². The Hall–Kier alpha value is -0.610. The highest BCUT2D eigenvalue weighted by molar-refractivity contribution is 9.10. The van der Waals surface area contributed by atoms with E-state index in [1.165, 1.54) is 25.7 Å². The smallest absolute Gasteiger partial charge is 0.107 e. The van der Waals surface area contributed by atoms with Gasteiger partial charge in [0, 0.05) is 22.3 Å². The molecule has 1 aliphatic carbocycles. The highest BCUT2D eigenvalue weighted by Crippen LogP contribution is 2.28. The van der Waals surface area contributed by atoms with Crippen molar-refractivity contribution in [3.63, 3.8) is 0 Å². The largest absolute Gasteiger partial charge is 0.389 e. The second-order valence-corrected chi connectivity index (χ2v) is 5.85. The van der Waals surface area contributed by atoms with Gasteiger partial charge >= 0.3 is 0 Å². The van der Waals surface area contributed by atoms with Crippen LogP contribution in [0.4, 0.5) is 5.69 Å². The zero-order valence-electron chi connectivity index (χ0n) is 9.71. The Balaban J connectivity index is 2.09. The number of nitrogens with one attached hydrogen (secondary N) is 1. The molecule has 0 atom stereocenters. The molecule has 2 rings (SSSR count). The summed E-state index contributed by atoms with van der Waals surface area (Å²) in [5.41, 5.74) is 7.72. The molecule has 0 spiro atoms. The zero-order valence-corrected chi connectivity index (χ0v) is 12.1. The first kappa shape index (κ1) is 12.8. The average molecular weight is 313 g/mol. The fourth-order valence-corrected chi connectivity index (χ4v) is 3.32. The fourth-order valence-electron chi connectivity index (χ4n) is 2.39. The lowest BCUT2D eigenvalue weighted by Gasteiger charge is -2.15. The van der Waals surface area contributed by atoms with Crippen molar-refractivity contribution in [3.05, 3.63) is 28.2 Å². The van der Waals surface area contributed by atoms with Gasteiger partial charge in [0.25, 0.3) is 0 Å². The average Bonchev–Trinajstić information content (AvgIpc) is 2.78. The van der Waals surface area contributed by atoms with Gasteiger partial charge in [-0.1, -0.05) is 31.1 Å². The Labute approximate surface area is 116 Å². The van der Waals surface area contributed by atoms with Gasteiger partial charge in [0.15, 0.2) is 0 Å². The zero-order chi connectivity index (χ0) is 12.3. The molecule has 1 aromatic carbocycles. The molecular formula is C13H17BrN2S. The van der Waals surface area contributed by atoms with E-state index in [9.17, 15) is 0 Å². The van der Waals surface area contributed by atoms with Gasteiger partial charge in [-0.2, -0.15) is 0 Å². The monoisotopic (exact) mass is 312 g/mol. The molecule has 0 saturated heterocycles. The number of hydrogen-bond donors (Lipinski definition) is 2. The molecule has 0 amide bonds. The third-order valence-electron chi connectivity index (χ3n) is 3.32. The predicted molar refractivity (Wildman–Crippen MR) is 80.5 cm³/mol. The summed E-state index contributed by atoms with van der Waals surface area (Å²) in [6, 6.07) is 6.01. The van der Waals surface area contributed by atoms with Crippen LogP contribution in [0.2, 0.25) is 0 Å². The molecule has 0 heterocycles. The van der Waals surface area contributed by atoms with Crippen molar-refractivity contribution in [1.29, 1.82) is 0 Å². The number of halogens is 1. The number of nitrogens with two attached hydrogens (primary N) is 1. The summed E-state index contributed by atoms with van der Waals surface area (Å²) < 4.78 is 0.960. The lowest BCUT2D eigenvalue weighted by Crippen LogP contribution is -2.17. The van der Waals surface area contributed by atoms with Crippen LogP contribution >= 0.6 is 28.1 Å². The van der Waals surface area contributed by atoms with Crippen molar-refractivity contribution in [3.8, 4) is 0 Å². The Morgan fingerprint density at radius 3 is 2.76 bits per heavy atom. The van der Waals surface area contributed by atoms with Gasteiger partial charge in [-0.15, -0.1) is 0 Å². The topological polar surface area (TPSA) is 38.0 Å². The van der Waals surface area contributed by atoms with E-state index in [2.05, 4.69) is 21.2 Å². The van der Waals surface area contributed by atoms with E-state index in [0.717, 1.165) is 28.2 Å². The van der Waals surface area contributed by atoms with Crippen molar-refractivity contribution in [2.75, 3.05) is 11.9 Å². The number of hydrogen-bond acceptors (Lipinski definition) is 2. The SMILES string of the molecule is NC(=S)c1c(Br)cccc1NCC1CCCC1. The van der Waals surface area contributed by atoms with Gasteiger partial charge in [0.1, 0.15) is 4.99 Å². The lowest BCUT2D eigenvalue weighted by molar-refractivity contribution is 0.580. The molecule has 1 fully saturated rings. The van der Waals surface area contributed by atoms with Crippen LogP contribution in [0.5, 0.6) is 0 Å². The molecule has 17 heavy (non-hydrogen) atoms. The van der Waals surface area contributed by atoms with Crippen LogP contribution in [-0.4, -0.2) is 11.5 Å². The minimum Gasteiger partial charge on any atom is -0.389 e. The molecule has 2 nitrogen and oxygen atoms in total. The first-order chi connectivity index (χ1) is 8.18. The summed E-state index contributed by atoms with van der Waals surface area (Å²) >= 11 is 8.59. The van der Waals surface area contributed by atoms with Gasteiger partial charge < -0.3 is 11.1 Å². The van der Waals surface area contributed by atoms with Crippen LogP contribution in [0, 0.1) is 5.92 Å². The van der Waals surface area contributed by atoms with E-state index in [1.54, 1.807) is 0 Å². The molecule has 0 aliphatic heterocycles. The molecule has 0 unspecified atom stereocenters. The molecule has 1 saturated carbocycles. The maximum atomic E-state index is 5.76. The van der Waals surface area contributed by atoms with E-state index in [4.69, 9.17) is 18.0 Å². The first-order valence-electron chi connectivity index (χ1n) is 6.00. The lowest BCUT2D eigenvalue weighted by atomic mass is 10.1. The maximum absolute atomic E-state index is 5.76. The number of rotatable bonds is 4. The van der Waals surface area contributed by atoms with E-state index in [1.807, 2.05) is 18.2 Å². The van der Waals surface area contributed by atoms with E-state index in [-0.39, 0.29) is 0 Å². The van der Waals surface area contributed by atoms with Gasteiger partial charge in [0.2, 0.25) is 0 Å². The molecule has 4 heteroatoms. The van der Waals surface area contributed by atoms with Crippen LogP contribution in [0.3, 0.4) is 0 Å². The molecule has 0 bridgehead atoms. The van der Waals surface area contributed by atoms with Crippen LogP contribution in [0.25, 0.3) is 0 Å². The summed E-state index contributed by atoms with van der Waals surface area (Å²) in [6.07, 6.45) is 5.41. The normalized spacial score (nSPS) is 16.1. The Kier molecular flexibility index (Phi) is 4.40. The maximum Gasteiger partial charge on any atom is 0.107 e. The Morgan fingerprint density at radius 1 is 1.41 bits per heavy atom. The fraction of sp³-hybridized carbons (Fsp3) is 0.462. The molecular weight excluding hydrogens is 296 g/mol. The van der Waals surface area contributed by atoms with Crippen LogP contribution in [-0.2, 0) is 0 Å². The van der Waals surface area contributed by atoms with Crippen LogP contribution < -0.4 is 11.1 Å². The summed E-state index contributed by atoms with van der Waals surface area (Å²) in [7, 11) is 0. The second-order valence-electron chi connectivity index (χ2n) is 4.56. The third kappa shape index (κ3) is 3.19. The highest BCUT2D eigenvalue weighted by Gasteiger charge is 2.16. The molecule has 92 valence electrons. The van der Waals surface area contributed by atoms with Gasteiger partial charge in [-0.3, -0.25) is 0 Å². The molecule has 1 aromatic rings. The van der Waals surface area contributed by atoms with Crippen molar-refractivity contribution < 1.29 is 0 Å². The van der Waals surface area contributed by atoms with Crippen molar-refractivity contribution in [2.24, 2.45) is 11.7 Å². The van der Waals surface area contributed by atoms with Crippen LogP contribution in [0.15, 0.2) is 22.7 Å². The van der Waals surface area contributed by atoms with Crippen LogP contribution in [0.1, 0.15) is 31.2 Å². The predicted octanol–water partition coefficient (Wildman–Crippen LogP) is 3.69. The number of thiocarbonyl (C=S) groups is 1. The first-order valence-corrected chi connectivity index (χ1v) is 7.21. The van der Waals surface area contributed by atoms with E-state index >= 15 is 0 Å². The summed E-state index contributed by atoms with van der Waals surface area (Å²) in [6.45, 7) is 1.02. The van der Waals surface area contributed by atoms with Crippen molar-refractivity contribution >= 4 is 38.8 Å². The van der Waals surface area contributed by atoms with Gasteiger partial charge in [-0.05, 0) is 46.8 Å². The van der Waals surface area contributed by atoms with Crippen molar-refractivity contribution in [2.45, 2.75) is 25.7 Å². The second kappa shape index (κ2) is 5.83. The van der Waals surface area contributed by atoms with Gasteiger partial charge in [-0.25, -0.2) is 0 Å². The minimum absolute atomic E-state index is 0.436. The summed E-state index contributed by atoms with van der Waals surface area (Å²) in [4.78, 5) is 0.436. The third-order valence-corrected chi connectivity index (χ3v) is 4.18. The molecule has 0 radical (unpaired) electrons. The minimum atomic E-state index is 0.436. The van der Waals surface area contributed by atoms with E-state index < -0.39 is 0 Å². The standard InChI is InChI=1S/C13H17BrN2S/c14-10-6-3-7-11(12(10)13(15)17)16-8-9-4-1-2-5-9/h3,6-7,9,16H,1-2,4-5,8H2,(H2,15,17). The Bertz CT molecular complexity index is 414.